The first-order chi connectivity index (χ1) is 13.0. The van der Waals surface area contributed by atoms with Crippen molar-refractivity contribution in [2.75, 3.05) is 17.4 Å². The van der Waals surface area contributed by atoms with E-state index in [0.29, 0.717) is 0 Å². The van der Waals surface area contributed by atoms with Gasteiger partial charge in [-0.15, -0.1) is 0 Å². The molecule has 4 rings (SSSR count). The number of nitrogens with zero attached hydrogens (tertiary/aromatic N) is 3. The molecule has 0 atom stereocenters. The van der Waals surface area contributed by atoms with Crippen LogP contribution in [0.25, 0.3) is 10.9 Å². The third-order valence-corrected chi connectivity index (χ3v) is 5.35. The summed E-state index contributed by atoms with van der Waals surface area (Å²) >= 11 is 0. The number of benzene rings is 2. The Labute approximate surface area is 160 Å². The van der Waals surface area contributed by atoms with Crippen molar-refractivity contribution in [2.24, 2.45) is 5.10 Å². The average molecular weight is 356 g/mol. The molecule has 0 unspecified atom stereocenters. The highest BCUT2D eigenvalue weighted by Gasteiger charge is 2.37. The second kappa shape index (κ2) is 6.54. The van der Waals surface area contributed by atoms with E-state index in [1.807, 2.05) is 30.5 Å². The maximum Gasteiger partial charge on any atom is 0.147 e. The standard InChI is InChI=1S/C23H24N4/c1-16-15-22(25-19-11-7-5-9-17(16)19)26-24-14-13-21-23(2,3)18-10-6-8-12-20(18)27(21)4/h5-15H,1-4H3,(H,25,26)/b21-13-,24-14+. The quantitative estimate of drug-likeness (QED) is 0.514. The van der Waals surface area contributed by atoms with E-state index in [-0.39, 0.29) is 5.41 Å². The highest BCUT2D eigenvalue weighted by molar-refractivity contribution is 5.84. The predicted molar refractivity (Wildman–Crippen MR) is 115 cm³/mol. The van der Waals surface area contributed by atoms with E-state index in [4.69, 9.17) is 0 Å². The number of allylic oxidation sites excluding steroid dienone is 2. The van der Waals surface area contributed by atoms with Crippen LogP contribution in [0, 0.1) is 6.92 Å². The van der Waals surface area contributed by atoms with Gasteiger partial charge in [-0.2, -0.15) is 5.10 Å². The van der Waals surface area contributed by atoms with Crippen LogP contribution in [0.1, 0.15) is 25.0 Å². The van der Waals surface area contributed by atoms with Gasteiger partial charge in [0, 0.05) is 35.4 Å². The topological polar surface area (TPSA) is 40.5 Å². The summed E-state index contributed by atoms with van der Waals surface area (Å²) in [6.45, 7) is 6.58. The third kappa shape index (κ3) is 2.97. The first kappa shape index (κ1) is 17.3. The van der Waals surface area contributed by atoms with Crippen LogP contribution in [0.2, 0.25) is 0 Å². The monoisotopic (exact) mass is 356 g/mol. The molecule has 136 valence electrons. The molecule has 0 aliphatic carbocycles. The Morgan fingerprint density at radius 3 is 2.63 bits per heavy atom. The van der Waals surface area contributed by atoms with Crippen molar-refractivity contribution in [2.45, 2.75) is 26.2 Å². The van der Waals surface area contributed by atoms with Gasteiger partial charge in [0.1, 0.15) is 5.82 Å². The fourth-order valence-corrected chi connectivity index (χ4v) is 3.92. The SMILES string of the molecule is Cc1cc(N/N=C/C=C2\N(C)c3ccccc3C2(C)C)nc2ccccc12. The van der Waals surface area contributed by atoms with Crippen LogP contribution >= 0.6 is 0 Å². The summed E-state index contributed by atoms with van der Waals surface area (Å²) in [6, 6.07) is 18.7. The molecular weight excluding hydrogens is 332 g/mol. The minimum absolute atomic E-state index is 0.0465. The van der Waals surface area contributed by atoms with Gasteiger partial charge in [-0.3, -0.25) is 5.43 Å². The lowest BCUT2D eigenvalue weighted by Gasteiger charge is -2.23. The lowest BCUT2D eigenvalue weighted by Crippen LogP contribution is -2.23. The molecule has 4 heteroatoms. The van der Waals surface area contributed by atoms with E-state index < -0.39 is 0 Å². The molecule has 0 fully saturated rings. The van der Waals surface area contributed by atoms with Gasteiger partial charge in [0.05, 0.1) is 5.52 Å². The molecule has 1 aromatic heterocycles. The van der Waals surface area contributed by atoms with Crippen molar-refractivity contribution in [3.05, 3.63) is 77.5 Å². The summed E-state index contributed by atoms with van der Waals surface area (Å²) in [5, 5.41) is 5.54. The summed E-state index contributed by atoms with van der Waals surface area (Å²) < 4.78 is 0. The molecule has 1 N–H and O–H groups in total. The molecule has 0 bridgehead atoms. The fourth-order valence-electron chi connectivity index (χ4n) is 3.92. The van der Waals surface area contributed by atoms with Gasteiger partial charge >= 0.3 is 0 Å². The molecule has 2 heterocycles. The first-order valence-corrected chi connectivity index (χ1v) is 9.18. The number of nitrogens with one attached hydrogen (secondary N) is 1. The molecule has 0 saturated carbocycles. The molecule has 0 amide bonds. The Balaban J connectivity index is 1.56. The number of aromatic nitrogens is 1. The van der Waals surface area contributed by atoms with Crippen molar-refractivity contribution in [3.63, 3.8) is 0 Å². The zero-order valence-corrected chi connectivity index (χ0v) is 16.2. The van der Waals surface area contributed by atoms with Gasteiger partial charge < -0.3 is 4.90 Å². The lowest BCUT2D eigenvalue weighted by molar-refractivity contribution is 0.641. The molecule has 2 aromatic carbocycles. The number of hydrogen-bond acceptors (Lipinski definition) is 4. The maximum absolute atomic E-state index is 4.63. The summed E-state index contributed by atoms with van der Waals surface area (Å²) in [4.78, 5) is 6.86. The number of para-hydroxylation sites is 2. The number of anilines is 2. The summed E-state index contributed by atoms with van der Waals surface area (Å²) in [5.74, 6) is 0.753. The van der Waals surface area contributed by atoms with Gasteiger partial charge in [0.25, 0.3) is 0 Å². The predicted octanol–water partition coefficient (Wildman–Crippen LogP) is 5.25. The summed E-state index contributed by atoms with van der Waals surface area (Å²) in [5.41, 5.74) is 8.98. The molecule has 1 aliphatic rings. The van der Waals surface area contributed by atoms with Crippen molar-refractivity contribution in [3.8, 4) is 0 Å². The maximum atomic E-state index is 4.63. The second-order valence-corrected chi connectivity index (χ2v) is 7.48. The fraction of sp³-hybridized carbons (Fsp3) is 0.217. The van der Waals surface area contributed by atoms with Crippen LogP contribution in [0.3, 0.4) is 0 Å². The number of likely N-dealkylation sites (N-methyl/N-ethyl adjacent to an activating group) is 1. The molecule has 4 nitrogen and oxygen atoms in total. The zero-order chi connectivity index (χ0) is 19.0. The summed E-state index contributed by atoms with van der Waals surface area (Å²) in [6.07, 6.45) is 3.88. The van der Waals surface area contributed by atoms with E-state index >= 15 is 0 Å². The smallest absolute Gasteiger partial charge is 0.147 e. The van der Waals surface area contributed by atoms with Crippen LogP contribution in [0.5, 0.6) is 0 Å². The normalized spacial score (nSPS) is 17.0. The first-order valence-electron chi connectivity index (χ1n) is 9.18. The van der Waals surface area contributed by atoms with Crippen LogP contribution in [0.4, 0.5) is 11.5 Å². The second-order valence-electron chi connectivity index (χ2n) is 7.48. The zero-order valence-electron chi connectivity index (χ0n) is 16.2. The average Bonchev–Trinajstić information content (AvgIpc) is 2.86. The van der Waals surface area contributed by atoms with E-state index in [1.165, 1.54) is 27.9 Å². The van der Waals surface area contributed by atoms with Crippen molar-refractivity contribution in [1.29, 1.82) is 0 Å². The number of fused-ring (bicyclic) bond motifs is 2. The van der Waals surface area contributed by atoms with Gasteiger partial charge in [-0.05, 0) is 42.3 Å². The number of hydrogen-bond donors (Lipinski definition) is 1. The Bertz CT molecular complexity index is 1060. The van der Waals surface area contributed by atoms with Gasteiger partial charge in [0.2, 0.25) is 0 Å². The highest BCUT2D eigenvalue weighted by Crippen LogP contribution is 2.46. The number of hydrazone groups is 1. The summed E-state index contributed by atoms with van der Waals surface area (Å²) in [7, 11) is 2.11. The molecule has 27 heavy (non-hydrogen) atoms. The van der Waals surface area contributed by atoms with Crippen molar-refractivity contribution < 1.29 is 0 Å². The third-order valence-electron chi connectivity index (χ3n) is 5.35. The Hall–Kier alpha value is -3.14. The van der Waals surface area contributed by atoms with E-state index in [2.05, 4.69) is 84.6 Å². The van der Waals surface area contributed by atoms with E-state index in [9.17, 15) is 0 Å². The minimum Gasteiger partial charge on any atom is -0.347 e. The van der Waals surface area contributed by atoms with Gasteiger partial charge in [0.15, 0.2) is 0 Å². The molecule has 0 radical (unpaired) electrons. The van der Waals surface area contributed by atoms with Crippen LogP contribution in [-0.4, -0.2) is 18.2 Å². The van der Waals surface area contributed by atoms with Crippen LogP contribution in [0.15, 0.2) is 71.5 Å². The van der Waals surface area contributed by atoms with E-state index in [1.54, 1.807) is 0 Å². The van der Waals surface area contributed by atoms with Crippen LogP contribution < -0.4 is 10.3 Å². The Morgan fingerprint density at radius 2 is 1.81 bits per heavy atom. The van der Waals surface area contributed by atoms with Crippen LogP contribution in [-0.2, 0) is 5.41 Å². The Morgan fingerprint density at radius 1 is 1.07 bits per heavy atom. The largest absolute Gasteiger partial charge is 0.347 e. The molecule has 1 aliphatic heterocycles. The van der Waals surface area contributed by atoms with Crippen molar-refractivity contribution >= 4 is 28.6 Å². The molecular formula is C23H24N4. The van der Waals surface area contributed by atoms with Gasteiger partial charge in [-0.1, -0.05) is 50.2 Å². The highest BCUT2D eigenvalue weighted by atomic mass is 15.3. The lowest BCUT2D eigenvalue weighted by atomic mass is 9.84. The number of aryl methyl sites for hydroxylation is 1. The molecule has 0 spiro atoms. The van der Waals surface area contributed by atoms with E-state index in [0.717, 1.165) is 11.3 Å². The van der Waals surface area contributed by atoms with Crippen molar-refractivity contribution in [1.82, 2.24) is 4.98 Å². The number of pyridine rings is 1. The Kier molecular flexibility index (Phi) is 4.19. The number of rotatable bonds is 3. The minimum atomic E-state index is -0.0465. The molecule has 3 aromatic rings. The van der Waals surface area contributed by atoms with Gasteiger partial charge in [-0.25, -0.2) is 4.98 Å². The molecule has 0 saturated heterocycles.